The van der Waals surface area contributed by atoms with E-state index in [2.05, 4.69) is 5.32 Å². The summed E-state index contributed by atoms with van der Waals surface area (Å²) < 4.78 is 33.0. The average molecular weight is 485 g/mol. The molecule has 0 aliphatic carbocycles. The first-order valence-electron chi connectivity index (χ1n) is 10.1. The van der Waals surface area contributed by atoms with Crippen LogP contribution in [-0.2, 0) is 20.6 Å². The molecule has 1 atom stereocenters. The molecule has 6 nitrogen and oxygen atoms in total. The number of nitrogens with one attached hydrogen (secondary N) is 1. The Labute approximate surface area is 193 Å². The molecule has 0 radical (unpaired) electrons. The molecule has 1 N–H and O–H groups in total. The molecule has 1 aliphatic heterocycles. The Morgan fingerprint density at radius 3 is 2.65 bits per heavy atom. The molecule has 0 aromatic heterocycles. The van der Waals surface area contributed by atoms with E-state index in [-0.39, 0.29) is 24.3 Å². The molecule has 1 fully saturated rings. The van der Waals surface area contributed by atoms with Gasteiger partial charge in [-0.3, -0.25) is 4.79 Å². The second-order valence-electron chi connectivity index (χ2n) is 7.85. The second-order valence-corrected chi connectivity index (χ2v) is 10.6. The number of hydrogen-bond donors (Lipinski definition) is 1. The van der Waals surface area contributed by atoms with Gasteiger partial charge in [-0.15, -0.1) is 0 Å². The summed E-state index contributed by atoms with van der Waals surface area (Å²) in [6, 6.07) is 12.0. The van der Waals surface area contributed by atoms with Gasteiger partial charge in [0.25, 0.3) is 0 Å². The van der Waals surface area contributed by atoms with Gasteiger partial charge < -0.3 is 10.1 Å². The fourth-order valence-corrected chi connectivity index (χ4v) is 5.42. The Morgan fingerprint density at radius 2 is 1.94 bits per heavy atom. The lowest BCUT2D eigenvalue weighted by atomic mass is 9.98. The van der Waals surface area contributed by atoms with E-state index in [0.717, 1.165) is 0 Å². The highest BCUT2D eigenvalue weighted by molar-refractivity contribution is 7.88. The first-order chi connectivity index (χ1) is 14.7. The van der Waals surface area contributed by atoms with Gasteiger partial charge >= 0.3 is 0 Å². The lowest BCUT2D eigenvalue weighted by molar-refractivity contribution is -0.120. The highest BCUT2D eigenvalue weighted by Crippen LogP contribution is 2.28. The van der Waals surface area contributed by atoms with Gasteiger partial charge in [0, 0.05) is 13.1 Å². The molecule has 1 saturated heterocycles. The number of nitrogens with zero attached hydrogens (tertiary/aromatic N) is 1. The third-order valence-corrected chi connectivity index (χ3v) is 7.54. The monoisotopic (exact) mass is 484 g/mol. The fraction of sp³-hybridized carbons (Fsp3) is 0.409. The topological polar surface area (TPSA) is 75.7 Å². The van der Waals surface area contributed by atoms with Gasteiger partial charge in [0.1, 0.15) is 5.75 Å². The third-order valence-electron chi connectivity index (χ3n) is 4.99. The number of hydrogen-bond acceptors (Lipinski definition) is 4. The zero-order valence-electron chi connectivity index (χ0n) is 17.5. The number of carbonyl (C=O) groups is 1. The van der Waals surface area contributed by atoms with Crippen LogP contribution in [-0.4, -0.2) is 37.8 Å². The van der Waals surface area contributed by atoms with E-state index < -0.39 is 15.9 Å². The largest absolute Gasteiger partial charge is 0.489 e. The number of para-hydroxylation sites is 2. The summed E-state index contributed by atoms with van der Waals surface area (Å²) in [5.74, 6) is -0.257. The zero-order chi connectivity index (χ0) is 22.6. The maximum Gasteiger partial charge on any atom is 0.228 e. The Balaban J connectivity index is 1.68. The van der Waals surface area contributed by atoms with Crippen LogP contribution in [0.1, 0.15) is 32.3 Å². The number of piperidine rings is 1. The minimum atomic E-state index is -3.60. The van der Waals surface area contributed by atoms with E-state index >= 15 is 0 Å². The van der Waals surface area contributed by atoms with Crippen LogP contribution in [0.15, 0.2) is 42.5 Å². The summed E-state index contributed by atoms with van der Waals surface area (Å²) in [5, 5.41) is 3.59. The molecule has 1 heterocycles. The van der Waals surface area contributed by atoms with E-state index in [4.69, 9.17) is 27.9 Å². The van der Waals surface area contributed by atoms with Gasteiger partial charge in [-0.05, 0) is 56.5 Å². The minimum absolute atomic E-state index is 0.0326. The highest BCUT2D eigenvalue weighted by Gasteiger charge is 2.32. The molecule has 0 spiro atoms. The van der Waals surface area contributed by atoms with Crippen LogP contribution in [0, 0.1) is 5.92 Å². The van der Waals surface area contributed by atoms with Crippen LogP contribution in [0.2, 0.25) is 10.0 Å². The number of ether oxygens (including phenoxy) is 1. The van der Waals surface area contributed by atoms with Crippen LogP contribution >= 0.6 is 23.2 Å². The maximum absolute atomic E-state index is 13.0. The number of anilines is 1. The van der Waals surface area contributed by atoms with Gasteiger partial charge in [0.15, 0.2) is 0 Å². The van der Waals surface area contributed by atoms with Crippen molar-refractivity contribution in [2.24, 2.45) is 5.92 Å². The summed E-state index contributed by atoms with van der Waals surface area (Å²) in [6.45, 7) is 4.36. The first kappa shape index (κ1) is 23.9. The minimum Gasteiger partial charge on any atom is -0.489 e. The second kappa shape index (κ2) is 10.2. The molecule has 3 rings (SSSR count). The number of benzene rings is 2. The Morgan fingerprint density at radius 1 is 1.19 bits per heavy atom. The van der Waals surface area contributed by atoms with Crippen LogP contribution in [0.3, 0.4) is 0 Å². The molecule has 1 aliphatic rings. The molecule has 0 bridgehead atoms. The summed E-state index contributed by atoms with van der Waals surface area (Å²) in [7, 11) is -3.60. The number of carbonyl (C=O) groups excluding carboxylic acids is 1. The normalized spacial score (nSPS) is 17.5. The van der Waals surface area contributed by atoms with Crippen LogP contribution in [0.25, 0.3) is 0 Å². The number of sulfonamides is 1. The summed E-state index contributed by atoms with van der Waals surface area (Å²) in [5.41, 5.74) is 1.14. The van der Waals surface area contributed by atoms with Crippen molar-refractivity contribution in [3.63, 3.8) is 0 Å². The molecular weight excluding hydrogens is 459 g/mol. The fourth-order valence-electron chi connectivity index (χ4n) is 3.50. The van der Waals surface area contributed by atoms with Crippen molar-refractivity contribution in [3.8, 4) is 5.75 Å². The molecular formula is C22H26Cl2N2O4S. The highest BCUT2D eigenvalue weighted by atomic mass is 35.5. The van der Waals surface area contributed by atoms with Gasteiger partial charge in [0.2, 0.25) is 15.9 Å². The van der Waals surface area contributed by atoms with Crippen LogP contribution in [0.4, 0.5) is 5.69 Å². The van der Waals surface area contributed by atoms with E-state index in [1.165, 1.54) is 4.31 Å². The van der Waals surface area contributed by atoms with E-state index in [1.807, 2.05) is 26.0 Å². The molecule has 168 valence electrons. The Bertz CT molecular complexity index is 1040. The van der Waals surface area contributed by atoms with Crippen molar-refractivity contribution >= 4 is 44.8 Å². The summed E-state index contributed by atoms with van der Waals surface area (Å²) >= 11 is 11.9. The molecule has 0 saturated carbocycles. The summed E-state index contributed by atoms with van der Waals surface area (Å²) in [6.07, 6.45) is 1.20. The smallest absolute Gasteiger partial charge is 0.228 e. The van der Waals surface area contributed by atoms with Gasteiger partial charge in [-0.25, -0.2) is 12.7 Å². The average Bonchev–Trinajstić information content (AvgIpc) is 2.72. The SMILES string of the molecule is CC(C)Oc1ccccc1NC(=O)C1CCCN(S(=O)(=O)Cc2ccc(Cl)c(Cl)c2)C1. The summed E-state index contributed by atoms with van der Waals surface area (Å²) in [4.78, 5) is 12.9. The number of amides is 1. The predicted octanol–water partition coefficient (Wildman–Crippen LogP) is 4.96. The van der Waals surface area contributed by atoms with Crippen molar-refractivity contribution in [1.29, 1.82) is 0 Å². The molecule has 1 unspecified atom stereocenters. The van der Waals surface area contributed by atoms with Crippen molar-refractivity contribution in [1.82, 2.24) is 4.31 Å². The van der Waals surface area contributed by atoms with E-state index in [9.17, 15) is 13.2 Å². The molecule has 31 heavy (non-hydrogen) atoms. The lowest BCUT2D eigenvalue weighted by Crippen LogP contribution is -2.44. The van der Waals surface area contributed by atoms with Crippen molar-refractivity contribution in [3.05, 3.63) is 58.1 Å². The van der Waals surface area contributed by atoms with Gasteiger partial charge in [0.05, 0.1) is 33.5 Å². The van der Waals surface area contributed by atoms with Crippen molar-refractivity contribution in [2.75, 3.05) is 18.4 Å². The van der Waals surface area contributed by atoms with Crippen LogP contribution < -0.4 is 10.1 Å². The first-order valence-corrected chi connectivity index (χ1v) is 12.5. The van der Waals surface area contributed by atoms with Gasteiger partial charge in [-0.1, -0.05) is 41.4 Å². The van der Waals surface area contributed by atoms with E-state index in [0.29, 0.717) is 46.4 Å². The Hall–Kier alpha value is -1.80. The third kappa shape index (κ3) is 6.35. The predicted molar refractivity (Wildman–Crippen MR) is 124 cm³/mol. The van der Waals surface area contributed by atoms with Crippen molar-refractivity contribution < 1.29 is 17.9 Å². The van der Waals surface area contributed by atoms with Crippen LogP contribution in [0.5, 0.6) is 5.75 Å². The Kier molecular flexibility index (Phi) is 7.86. The molecule has 2 aromatic carbocycles. The van der Waals surface area contributed by atoms with Gasteiger partial charge in [-0.2, -0.15) is 0 Å². The lowest BCUT2D eigenvalue weighted by Gasteiger charge is -2.31. The molecule has 9 heteroatoms. The van der Waals surface area contributed by atoms with Crippen molar-refractivity contribution in [2.45, 2.75) is 38.5 Å². The maximum atomic E-state index is 13.0. The standard InChI is InChI=1S/C22H26Cl2N2O4S/c1-15(2)30-21-8-4-3-7-20(21)25-22(27)17-6-5-11-26(13-17)31(28,29)14-16-9-10-18(23)19(24)12-16/h3-4,7-10,12,15,17H,5-6,11,13-14H2,1-2H3,(H,25,27). The molecule has 1 amide bonds. The quantitative estimate of drug-likeness (QED) is 0.602. The molecule has 2 aromatic rings. The van der Waals surface area contributed by atoms with E-state index in [1.54, 1.807) is 30.3 Å². The zero-order valence-corrected chi connectivity index (χ0v) is 19.8. The number of halogens is 2. The number of rotatable bonds is 7.